The summed E-state index contributed by atoms with van der Waals surface area (Å²) in [6, 6.07) is 3.13. The largest absolute Gasteiger partial charge is 0.496 e. The molecule has 0 unspecified atom stereocenters. The number of alkyl halides is 2. The van der Waals surface area contributed by atoms with Crippen LogP contribution in [0.3, 0.4) is 0 Å². The van der Waals surface area contributed by atoms with Crippen molar-refractivity contribution in [3.05, 3.63) is 28.8 Å². The highest BCUT2D eigenvalue weighted by Crippen LogP contribution is 2.38. The second-order valence-corrected chi connectivity index (χ2v) is 4.74. The minimum Gasteiger partial charge on any atom is -0.496 e. The molecular weight excluding hydrogens is 238 g/mol. The lowest BCUT2D eigenvalue weighted by Crippen LogP contribution is -2.17. The van der Waals surface area contributed by atoms with Gasteiger partial charge in [-0.25, -0.2) is 8.78 Å². The van der Waals surface area contributed by atoms with Gasteiger partial charge in [-0.3, -0.25) is 0 Å². The van der Waals surface area contributed by atoms with Crippen molar-refractivity contribution in [2.75, 3.05) is 13.7 Å². The Balaban J connectivity index is 3.33. The molecule has 0 aliphatic rings. The number of aryl methyl sites for hydroxylation is 1. The standard InChI is InChI=1S/C14H20F2O2/c1-9(2)11-8-12(14(15,16)5-6-17)10(3)7-13(11)18-4/h7-9,17H,5-6H2,1-4H3. The quantitative estimate of drug-likeness (QED) is 0.874. The van der Waals surface area contributed by atoms with Gasteiger partial charge in [-0.15, -0.1) is 0 Å². The maximum Gasteiger partial charge on any atom is 0.275 e. The average molecular weight is 258 g/mol. The van der Waals surface area contributed by atoms with Crippen LogP contribution < -0.4 is 4.74 Å². The number of halogens is 2. The van der Waals surface area contributed by atoms with Gasteiger partial charge in [0.25, 0.3) is 5.92 Å². The molecule has 2 nitrogen and oxygen atoms in total. The van der Waals surface area contributed by atoms with Crippen LogP contribution in [0.15, 0.2) is 12.1 Å². The molecule has 0 spiro atoms. The minimum atomic E-state index is -3.01. The Hall–Kier alpha value is -1.16. The van der Waals surface area contributed by atoms with E-state index in [0.29, 0.717) is 11.3 Å². The molecule has 0 amide bonds. The second kappa shape index (κ2) is 5.65. The zero-order chi connectivity index (χ0) is 13.9. The molecule has 0 saturated carbocycles. The molecule has 1 N–H and O–H groups in total. The van der Waals surface area contributed by atoms with Gasteiger partial charge in [0.15, 0.2) is 0 Å². The van der Waals surface area contributed by atoms with Crippen LogP contribution in [0.25, 0.3) is 0 Å². The van der Waals surface area contributed by atoms with E-state index in [1.54, 1.807) is 13.0 Å². The molecule has 0 fully saturated rings. The third-order valence-corrected chi connectivity index (χ3v) is 3.02. The van der Waals surface area contributed by atoms with E-state index in [0.717, 1.165) is 5.56 Å². The summed E-state index contributed by atoms with van der Waals surface area (Å²) < 4.78 is 33.0. The summed E-state index contributed by atoms with van der Waals surface area (Å²) >= 11 is 0. The lowest BCUT2D eigenvalue weighted by Gasteiger charge is -2.21. The topological polar surface area (TPSA) is 29.5 Å². The Morgan fingerprint density at radius 2 is 1.94 bits per heavy atom. The van der Waals surface area contributed by atoms with Crippen molar-refractivity contribution >= 4 is 0 Å². The molecule has 18 heavy (non-hydrogen) atoms. The maximum atomic E-state index is 13.9. The van der Waals surface area contributed by atoms with Gasteiger partial charge in [0.2, 0.25) is 0 Å². The highest BCUT2D eigenvalue weighted by Gasteiger charge is 2.33. The van der Waals surface area contributed by atoms with Crippen LogP contribution in [-0.4, -0.2) is 18.8 Å². The minimum absolute atomic E-state index is 0.0268. The molecule has 0 atom stereocenters. The Morgan fingerprint density at radius 1 is 1.33 bits per heavy atom. The van der Waals surface area contributed by atoms with E-state index < -0.39 is 19.0 Å². The van der Waals surface area contributed by atoms with E-state index in [-0.39, 0.29) is 11.5 Å². The number of hydrogen-bond acceptors (Lipinski definition) is 2. The normalized spacial score (nSPS) is 12.0. The number of rotatable bonds is 5. The molecule has 4 heteroatoms. The fourth-order valence-electron chi connectivity index (χ4n) is 2.00. The molecule has 1 aromatic carbocycles. The van der Waals surface area contributed by atoms with Gasteiger partial charge in [-0.05, 0) is 36.1 Å². The molecule has 102 valence electrons. The first-order valence-corrected chi connectivity index (χ1v) is 6.01. The third kappa shape index (κ3) is 2.99. The molecule has 0 heterocycles. The zero-order valence-corrected chi connectivity index (χ0v) is 11.3. The Kier molecular flexibility index (Phi) is 4.68. The maximum absolute atomic E-state index is 13.9. The van der Waals surface area contributed by atoms with Crippen LogP contribution in [0.1, 0.15) is 42.9 Å². The summed E-state index contributed by atoms with van der Waals surface area (Å²) in [5.74, 6) is -2.27. The van der Waals surface area contributed by atoms with Crippen molar-refractivity contribution in [1.29, 1.82) is 0 Å². The van der Waals surface area contributed by atoms with Crippen molar-refractivity contribution in [3.8, 4) is 5.75 Å². The van der Waals surface area contributed by atoms with Gasteiger partial charge in [-0.2, -0.15) is 0 Å². The molecule has 1 aromatic rings. The van der Waals surface area contributed by atoms with Gasteiger partial charge in [0, 0.05) is 18.6 Å². The lowest BCUT2D eigenvalue weighted by atomic mass is 9.92. The molecular formula is C14H20F2O2. The van der Waals surface area contributed by atoms with Gasteiger partial charge < -0.3 is 9.84 Å². The SMILES string of the molecule is COc1cc(C)c(C(F)(F)CCO)cc1C(C)C. The predicted octanol–water partition coefficient (Wildman–Crippen LogP) is 3.60. The first-order valence-electron chi connectivity index (χ1n) is 6.01. The summed E-state index contributed by atoms with van der Waals surface area (Å²) in [4.78, 5) is 0. The van der Waals surface area contributed by atoms with Crippen molar-refractivity contribution < 1.29 is 18.6 Å². The van der Waals surface area contributed by atoms with Crippen LogP contribution in [0.5, 0.6) is 5.75 Å². The number of aliphatic hydroxyl groups is 1. The van der Waals surface area contributed by atoms with Crippen LogP contribution in [0.4, 0.5) is 8.78 Å². The van der Waals surface area contributed by atoms with E-state index in [9.17, 15) is 8.78 Å². The number of hydrogen-bond donors (Lipinski definition) is 1. The fraction of sp³-hybridized carbons (Fsp3) is 0.571. The molecule has 0 aliphatic carbocycles. The summed E-state index contributed by atoms with van der Waals surface area (Å²) in [5, 5.41) is 8.73. The molecule has 0 bridgehead atoms. The molecule has 0 radical (unpaired) electrons. The molecule has 1 rings (SSSR count). The van der Waals surface area contributed by atoms with E-state index >= 15 is 0 Å². The van der Waals surface area contributed by atoms with Crippen LogP contribution in [0.2, 0.25) is 0 Å². The summed E-state index contributed by atoms with van der Waals surface area (Å²) in [6.45, 7) is 4.96. The number of ether oxygens (including phenoxy) is 1. The van der Waals surface area contributed by atoms with Crippen molar-refractivity contribution in [3.63, 3.8) is 0 Å². The molecule has 0 saturated heterocycles. The van der Waals surface area contributed by atoms with Gasteiger partial charge in [-0.1, -0.05) is 13.8 Å². The van der Waals surface area contributed by atoms with Crippen molar-refractivity contribution in [1.82, 2.24) is 0 Å². The van der Waals surface area contributed by atoms with Crippen LogP contribution in [-0.2, 0) is 5.92 Å². The first-order chi connectivity index (χ1) is 8.33. The third-order valence-electron chi connectivity index (χ3n) is 3.02. The van der Waals surface area contributed by atoms with E-state index in [2.05, 4.69) is 0 Å². The second-order valence-electron chi connectivity index (χ2n) is 4.74. The van der Waals surface area contributed by atoms with E-state index in [1.165, 1.54) is 13.2 Å². The monoisotopic (exact) mass is 258 g/mol. The van der Waals surface area contributed by atoms with Crippen molar-refractivity contribution in [2.45, 2.75) is 39.0 Å². The first kappa shape index (κ1) is 14.9. The summed E-state index contributed by atoms with van der Waals surface area (Å²) in [7, 11) is 1.53. The van der Waals surface area contributed by atoms with Gasteiger partial charge in [0.1, 0.15) is 5.75 Å². The Bertz CT molecular complexity index is 415. The van der Waals surface area contributed by atoms with Gasteiger partial charge in [0.05, 0.1) is 7.11 Å². The van der Waals surface area contributed by atoms with E-state index in [1.807, 2.05) is 13.8 Å². The van der Waals surface area contributed by atoms with Gasteiger partial charge >= 0.3 is 0 Å². The number of aliphatic hydroxyl groups excluding tert-OH is 1. The Morgan fingerprint density at radius 3 is 2.39 bits per heavy atom. The number of benzene rings is 1. The summed E-state index contributed by atoms with van der Waals surface area (Å²) in [6.07, 6.45) is -0.558. The van der Waals surface area contributed by atoms with E-state index in [4.69, 9.17) is 9.84 Å². The molecule has 0 aliphatic heterocycles. The molecule has 0 aromatic heterocycles. The predicted molar refractivity (Wildman–Crippen MR) is 67.4 cm³/mol. The van der Waals surface area contributed by atoms with Crippen LogP contribution >= 0.6 is 0 Å². The Labute approximate surface area is 107 Å². The highest BCUT2D eigenvalue weighted by molar-refractivity contribution is 5.45. The van der Waals surface area contributed by atoms with Crippen LogP contribution in [0, 0.1) is 6.92 Å². The smallest absolute Gasteiger partial charge is 0.275 e. The zero-order valence-electron chi connectivity index (χ0n) is 11.3. The fourth-order valence-corrected chi connectivity index (χ4v) is 2.00. The highest BCUT2D eigenvalue weighted by atomic mass is 19.3. The lowest BCUT2D eigenvalue weighted by molar-refractivity contribution is -0.0276. The van der Waals surface area contributed by atoms with Crippen molar-refractivity contribution in [2.24, 2.45) is 0 Å². The number of methoxy groups -OCH3 is 1. The summed E-state index contributed by atoms with van der Waals surface area (Å²) in [5.41, 5.74) is 1.21. The average Bonchev–Trinajstić information content (AvgIpc) is 2.27.